The zero-order valence-electron chi connectivity index (χ0n) is 11.7. The van der Waals surface area contributed by atoms with Crippen LogP contribution in [0.1, 0.15) is 26.3 Å². The molecule has 2 N–H and O–H groups in total. The van der Waals surface area contributed by atoms with Gasteiger partial charge < -0.3 is 0 Å². The average Bonchev–Trinajstić information content (AvgIpc) is 2.55. The first-order valence-electron chi connectivity index (χ1n) is 6.71. The largest absolute Gasteiger partial charge is 0.288 e. The van der Waals surface area contributed by atoms with E-state index in [-0.39, 0.29) is 12.0 Å². The van der Waals surface area contributed by atoms with E-state index in [0.29, 0.717) is 21.8 Å². The van der Waals surface area contributed by atoms with Gasteiger partial charge in [-0.15, -0.1) is 0 Å². The molecule has 0 unspecified atom stereocenters. The Morgan fingerprint density at radius 3 is 2.48 bits per heavy atom. The molecule has 0 saturated heterocycles. The number of anilines is 1. The fraction of sp³-hybridized carbons (Fsp3) is 0.0625. The van der Waals surface area contributed by atoms with Crippen LogP contribution in [0.2, 0.25) is 5.02 Å². The van der Waals surface area contributed by atoms with E-state index >= 15 is 0 Å². The lowest BCUT2D eigenvalue weighted by Crippen LogP contribution is -2.42. The van der Waals surface area contributed by atoms with Crippen molar-refractivity contribution in [1.29, 1.82) is 0 Å². The van der Waals surface area contributed by atoms with Crippen LogP contribution in [0.25, 0.3) is 0 Å². The Morgan fingerprint density at radius 2 is 1.83 bits per heavy atom. The van der Waals surface area contributed by atoms with Gasteiger partial charge in [-0.2, -0.15) is 0 Å². The number of carbonyl (C=O) groups excluding carboxylic acids is 3. The van der Waals surface area contributed by atoms with Crippen molar-refractivity contribution in [3.63, 3.8) is 0 Å². The van der Waals surface area contributed by atoms with Crippen molar-refractivity contribution in [2.24, 2.45) is 0 Å². The normalized spacial score (nSPS) is 13.7. The zero-order valence-corrected chi connectivity index (χ0v) is 12.5. The van der Waals surface area contributed by atoms with Crippen molar-refractivity contribution >= 4 is 35.0 Å². The summed E-state index contributed by atoms with van der Waals surface area (Å²) < 4.78 is 0. The third kappa shape index (κ3) is 2.69. The van der Waals surface area contributed by atoms with Crippen LogP contribution in [-0.4, -0.2) is 22.9 Å². The lowest BCUT2D eigenvalue weighted by molar-refractivity contribution is -0.117. The van der Waals surface area contributed by atoms with Gasteiger partial charge in [-0.25, -0.2) is 10.4 Å². The van der Waals surface area contributed by atoms with Crippen LogP contribution in [0.15, 0.2) is 42.5 Å². The number of fused-ring (bicyclic) bond motifs is 1. The average molecular weight is 331 g/mol. The molecular weight excluding hydrogens is 320 g/mol. The van der Waals surface area contributed by atoms with Gasteiger partial charge in [-0.3, -0.25) is 19.6 Å². The summed E-state index contributed by atoms with van der Waals surface area (Å²) in [7, 11) is 0. The molecule has 3 rings (SSSR count). The number of halogens is 1. The van der Waals surface area contributed by atoms with Crippen LogP contribution in [-0.2, 0) is 11.2 Å². The number of imide groups is 1. The van der Waals surface area contributed by atoms with Crippen LogP contribution < -0.4 is 10.4 Å². The minimum absolute atomic E-state index is 0.0176. The molecule has 2 aromatic rings. The second-order valence-corrected chi connectivity index (χ2v) is 5.44. The van der Waals surface area contributed by atoms with Gasteiger partial charge in [0.15, 0.2) is 0 Å². The van der Waals surface area contributed by atoms with Crippen LogP contribution in [0.4, 0.5) is 5.69 Å². The number of nitrogens with one attached hydrogen (secondary N) is 1. The molecule has 7 heteroatoms. The molecule has 0 aromatic heterocycles. The topological polar surface area (TPSA) is 86.7 Å². The molecule has 0 fully saturated rings. The highest BCUT2D eigenvalue weighted by atomic mass is 35.5. The SMILES string of the molecule is O=C(NO)c1ccc2c(c1)CC(=O)N(c1ccc(Cl)cc1)C2=O. The van der Waals surface area contributed by atoms with Gasteiger partial charge in [0.1, 0.15) is 0 Å². The van der Waals surface area contributed by atoms with Gasteiger partial charge in [0.05, 0.1) is 12.1 Å². The van der Waals surface area contributed by atoms with Crippen LogP contribution >= 0.6 is 11.6 Å². The Morgan fingerprint density at radius 1 is 1.13 bits per heavy atom. The monoisotopic (exact) mass is 330 g/mol. The maximum absolute atomic E-state index is 12.6. The Bertz CT molecular complexity index is 817. The van der Waals surface area contributed by atoms with E-state index in [4.69, 9.17) is 16.8 Å². The van der Waals surface area contributed by atoms with E-state index in [2.05, 4.69) is 0 Å². The summed E-state index contributed by atoms with van der Waals surface area (Å²) in [6.07, 6.45) is -0.0176. The molecule has 2 aromatic carbocycles. The molecule has 23 heavy (non-hydrogen) atoms. The van der Waals surface area contributed by atoms with Crippen molar-refractivity contribution in [1.82, 2.24) is 5.48 Å². The van der Waals surface area contributed by atoms with Crippen molar-refractivity contribution in [2.45, 2.75) is 6.42 Å². The summed E-state index contributed by atoms with van der Waals surface area (Å²) >= 11 is 5.82. The molecule has 1 aliphatic rings. The minimum Gasteiger partial charge on any atom is -0.288 e. The predicted octanol–water partition coefficient (Wildman–Crippen LogP) is 2.19. The first-order chi connectivity index (χ1) is 11.0. The number of hydrogen-bond acceptors (Lipinski definition) is 4. The summed E-state index contributed by atoms with van der Waals surface area (Å²) in [6.45, 7) is 0. The molecule has 1 heterocycles. The zero-order chi connectivity index (χ0) is 16.6. The Kier molecular flexibility index (Phi) is 3.85. The van der Waals surface area contributed by atoms with Crippen LogP contribution in [0.3, 0.4) is 0 Å². The van der Waals surface area contributed by atoms with E-state index < -0.39 is 17.7 Å². The fourth-order valence-corrected chi connectivity index (χ4v) is 2.61. The van der Waals surface area contributed by atoms with Crippen LogP contribution in [0.5, 0.6) is 0 Å². The molecule has 0 aliphatic carbocycles. The molecule has 0 atom stereocenters. The summed E-state index contributed by atoms with van der Waals surface area (Å²) in [5.74, 6) is -1.56. The van der Waals surface area contributed by atoms with E-state index in [1.807, 2.05) is 0 Å². The highest BCUT2D eigenvalue weighted by Gasteiger charge is 2.32. The van der Waals surface area contributed by atoms with Gasteiger partial charge in [0, 0.05) is 16.1 Å². The standard InChI is InChI=1S/C16H11ClN2O4/c17-11-2-4-12(5-3-11)19-14(20)8-10-7-9(15(21)18-23)1-6-13(10)16(19)22/h1-7,23H,8H2,(H,18,21). The Labute approximate surface area is 136 Å². The molecule has 116 valence electrons. The number of hydrogen-bond donors (Lipinski definition) is 2. The van der Waals surface area contributed by atoms with E-state index in [0.717, 1.165) is 4.90 Å². The predicted molar refractivity (Wildman–Crippen MR) is 82.7 cm³/mol. The fourth-order valence-electron chi connectivity index (χ4n) is 2.48. The lowest BCUT2D eigenvalue weighted by atomic mass is 9.95. The van der Waals surface area contributed by atoms with Gasteiger partial charge in [0.25, 0.3) is 11.8 Å². The van der Waals surface area contributed by atoms with Gasteiger partial charge in [-0.1, -0.05) is 11.6 Å². The number of amides is 3. The molecule has 0 bridgehead atoms. The summed E-state index contributed by atoms with van der Waals surface area (Å²) in [5.41, 5.74) is 2.92. The lowest BCUT2D eigenvalue weighted by Gasteiger charge is -2.27. The van der Waals surface area contributed by atoms with Gasteiger partial charge in [0.2, 0.25) is 5.91 Å². The van der Waals surface area contributed by atoms with E-state index in [1.54, 1.807) is 24.3 Å². The third-order valence-electron chi connectivity index (χ3n) is 3.58. The molecule has 3 amide bonds. The smallest absolute Gasteiger partial charge is 0.274 e. The van der Waals surface area contributed by atoms with Crippen molar-refractivity contribution in [3.05, 3.63) is 64.2 Å². The summed E-state index contributed by atoms with van der Waals surface area (Å²) in [5, 5.41) is 9.16. The Hall–Kier alpha value is -2.70. The molecule has 0 spiro atoms. The first-order valence-corrected chi connectivity index (χ1v) is 7.09. The molecule has 0 saturated carbocycles. The first kappa shape index (κ1) is 15.2. The molecule has 0 radical (unpaired) electrons. The molecule has 6 nitrogen and oxygen atoms in total. The van der Waals surface area contributed by atoms with Gasteiger partial charge in [-0.05, 0) is 48.0 Å². The maximum Gasteiger partial charge on any atom is 0.274 e. The number of hydroxylamine groups is 1. The molecule has 1 aliphatic heterocycles. The maximum atomic E-state index is 12.6. The second kappa shape index (κ2) is 5.83. The van der Waals surface area contributed by atoms with Crippen molar-refractivity contribution in [3.8, 4) is 0 Å². The van der Waals surface area contributed by atoms with E-state index in [1.165, 1.54) is 23.7 Å². The minimum atomic E-state index is -0.701. The molecular formula is C16H11ClN2O4. The number of rotatable bonds is 2. The second-order valence-electron chi connectivity index (χ2n) is 5.00. The highest BCUT2D eigenvalue weighted by molar-refractivity contribution is 6.31. The number of carbonyl (C=O) groups is 3. The quantitative estimate of drug-likeness (QED) is 0.502. The number of nitrogens with zero attached hydrogens (tertiary/aromatic N) is 1. The van der Waals surface area contributed by atoms with Gasteiger partial charge >= 0.3 is 0 Å². The number of benzene rings is 2. The Balaban J connectivity index is 2.01. The van der Waals surface area contributed by atoms with Crippen LogP contribution in [0, 0.1) is 0 Å². The summed E-state index contributed by atoms with van der Waals surface area (Å²) in [6, 6.07) is 10.7. The third-order valence-corrected chi connectivity index (χ3v) is 3.83. The van der Waals surface area contributed by atoms with E-state index in [9.17, 15) is 14.4 Å². The van der Waals surface area contributed by atoms with Crippen molar-refractivity contribution in [2.75, 3.05) is 4.90 Å². The highest BCUT2D eigenvalue weighted by Crippen LogP contribution is 2.27. The van der Waals surface area contributed by atoms with Crippen molar-refractivity contribution < 1.29 is 19.6 Å². The summed E-state index contributed by atoms with van der Waals surface area (Å²) in [4.78, 5) is 37.4.